The van der Waals surface area contributed by atoms with Gasteiger partial charge in [-0.05, 0) is 45.5 Å². The van der Waals surface area contributed by atoms with Crippen LogP contribution in [-0.4, -0.2) is 15.0 Å². The van der Waals surface area contributed by atoms with Crippen molar-refractivity contribution in [3.63, 3.8) is 0 Å². The van der Waals surface area contributed by atoms with E-state index in [4.69, 9.17) is 0 Å². The van der Waals surface area contributed by atoms with Gasteiger partial charge in [-0.25, -0.2) is 9.97 Å². The lowest BCUT2D eigenvalue weighted by molar-refractivity contribution is 0.857. The van der Waals surface area contributed by atoms with E-state index in [9.17, 15) is 0 Å². The number of fused-ring (bicyclic) bond motifs is 1. The van der Waals surface area contributed by atoms with Crippen LogP contribution in [0.2, 0.25) is 0 Å². The molecule has 0 radical (unpaired) electrons. The molecule has 0 spiro atoms. The first kappa shape index (κ1) is 14.3. The van der Waals surface area contributed by atoms with Crippen LogP contribution in [-0.2, 0) is 12.8 Å². The van der Waals surface area contributed by atoms with Crippen molar-refractivity contribution in [2.75, 3.05) is 0 Å². The van der Waals surface area contributed by atoms with Gasteiger partial charge in [0.15, 0.2) is 5.65 Å². The smallest absolute Gasteiger partial charge is 0.177 e. The number of aromatic amines is 1. The second kappa shape index (κ2) is 5.98. The Hall–Kier alpha value is -1.68. The highest BCUT2D eigenvalue weighted by Gasteiger charge is 2.05. The van der Waals surface area contributed by atoms with Gasteiger partial charge in [-0.3, -0.25) is 0 Å². The zero-order chi connectivity index (χ0) is 14.8. The lowest BCUT2D eigenvalue weighted by Gasteiger charge is -2.06. The van der Waals surface area contributed by atoms with Gasteiger partial charge in [0.1, 0.15) is 5.82 Å². The molecule has 0 bridgehead atoms. The van der Waals surface area contributed by atoms with Gasteiger partial charge in [-0.1, -0.05) is 38.1 Å². The van der Waals surface area contributed by atoms with Crippen molar-refractivity contribution in [2.45, 2.75) is 32.6 Å². The molecule has 3 rings (SSSR count). The Bertz CT molecular complexity index is 744. The number of hydrogen-bond acceptors (Lipinski definition) is 2. The fourth-order valence-corrected chi connectivity index (χ4v) is 2.71. The minimum absolute atomic E-state index is 0.582. The van der Waals surface area contributed by atoms with Crippen LogP contribution in [0.3, 0.4) is 0 Å². The van der Waals surface area contributed by atoms with E-state index in [1.165, 1.54) is 11.1 Å². The predicted octanol–water partition coefficient (Wildman–Crippen LogP) is 4.63. The van der Waals surface area contributed by atoms with Gasteiger partial charge in [-0.15, -0.1) is 0 Å². The number of aromatic nitrogens is 3. The van der Waals surface area contributed by atoms with Crippen LogP contribution in [0, 0.1) is 0 Å². The highest BCUT2D eigenvalue weighted by atomic mass is 79.9. The van der Waals surface area contributed by atoms with Gasteiger partial charge in [0.2, 0.25) is 0 Å². The quantitative estimate of drug-likeness (QED) is 0.750. The zero-order valence-corrected chi connectivity index (χ0v) is 13.8. The molecule has 2 aromatic heterocycles. The number of pyridine rings is 1. The van der Waals surface area contributed by atoms with Crippen molar-refractivity contribution in [1.82, 2.24) is 15.0 Å². The Kier molecular flexibility index (Phi) is 4.06. The third-order valence-electron chi connectivity index (χ3n) is 3.65. The van der Waals surface area contributed by atoms with Crippen molar-refractivity contribution >= 4 is 27.1 Å². The summed E-state index contributed by atoms with van der Waals surface area (Å²) in [5, 5.41) is 0. The van der Waals surface area contributed by atoms with Crippen LogP contribution in [0.1, 0.15) is 36.7 Å². The van der Waals surface area contributed by atoms with E-state index in [-0.39, 0.29) is 0 Å². The maximum atomic E-state index is 4.53. The van der Waals surface area contributed by atoms with Crippen LogP contribution in [0.15, 0.2) is 41.0 Å². The summed E-state index contributed by atoms with van der Waals surface area (Å²) in [5.41, 5.74) is 4.49. The zero-order valence-electron chi connectivity index (χ0n) is 12.2. The van der Waals surface area contributed by atoms with Gasteiger partial charge in [-0.2, -0.15) is 0 Å². The van der Waals surface area contributed by atoms with Crippen LogP contribution >= 0.6 is 15.9 Å². The number of nitrogens with one attached hydrogen (secondary N) is 1. The summed E-state index contributed by atoms with van der Waals surface area (Å²) in [6, 6.07) is 10.9. The molecule has 4 heteroatoms. The first-order valence-corrected chi connectivity index (χ1v) is 8.00. The van der Waals surface area contributed by atoms with Crippen molar-refractivity contribution < 1.29 is 0 Å². The molecule has 0 saturated heterocycles. The molecule has 0 amide bonds. The average molecular weight is 344 g/mol. The minimum Gasteiger partial charge on any atom is -0.341 e. The summed E-state index contributed by atoms with van der Waals surface area (Å²) in [7, 11) is 0. The lowest BCUT2D eigenvalue weighted by atomic mass is 10.0. The number of rotatable bonds is 4. The number of halogens is 1. The molecular weight excluding hydrogens is 326 g/mol. The molecule has 0 aliphatic carbocycles. The molecule has 3 aromatic rings. The molecule has 21 heavy (non-hydrogen) atoms. The molecule has 1 aromatic carbocycles. The highest BCUT2D eigenvalue weighted by molar-refractivity contribution is 9.10. The molecule has 0 fully saturated rings. The second-order valence-electron chi connectivity index (χ2n) is 5.60. The maximum absolute atomic E-state index is 4.53. The Morgan fingerprint density at radius 2 is 1.90 bits per heavy atom. The first-order chi connectivity index (χ1) is 10.1. The lowest BCUT2D eigenvalue weighted by Crippen LogP contribution is -1.94. The van der Waals surface area contributed by atoms with Crippen molar-refractivity contribution in [3.05, 3.63) is 58.0 Å². The van der Waals surface area contributed by atoms with Crippen LogP contribution in [0.4, 0.5) is 0 Å². The summed E-state index contributed by atoms with van der Waals surface area (Å²) in [6.45, 7) is 4.43. The van der Waals surface area contributed by atoms with E-state index in [0.717, 1.165) is 34.3 Å². The van der Waals surface area contributed by atoms with E-state index in [1.54, 1.807) is 6.20 Å². The number of aryl methyl sites for hydroxylation is 2. The summed E-state index contributed by atoms with van der Waals surface area (Å²) in [5.74, 6) is 1.57. The number of benzene rings is 1. The maximum Gasteiger partial charge on any atom is 0.177 e. The van der Waals surface area contributed by atoms with Gasteiger partial charge < -0.3 is 4.98 Å². The summed E-state index contributed by atoms with van der Waals surface area (Å²) >= 11 is 3.43. The fourth-order valence-electron chi connectivity index (χ4n) is 2.37. The number of H-pyrrole nitrogens is 1. The molecule has 0 atom stereocenters. The monoisotopic (exact) mass is 343 g/mol. The Balaban J connectivity index is 1.71. The summed E-state index contributed by atoms with van der Waals surface area (Å²) < 4.78 is 0.967. The molecular formula is C17H18BrN3. The Morgan fingerprint density at radius 1 is 1.14 bits per heavy atom. The molecule has 3 nitrogen and oxygen atoms in total. The van der Waals surface area contributed by atoms with Crippen molar-refractivity contribution in [1.29, 1.82) is 0 Å². The number of hydrogen-bond donors (Lipinski definition) is 1. The molecule has 1 N–H and O–H groups in total. The first-order valence-electron chi connectivity index (χ1n) is 7.21. The van der Waals surface area contributed by atoms with Crippen LogP contribution in [0.5, 0.6) is 0 Å². The largest absolute Gasteiger partial charge is 0.341 e. The summed E-state index contributed by atoms with van der Waals surface area (Å²) in [6.07, 6.45) is 3.66. The van der Waals surface area contributed by atoms with Crippen molar-refractivity contribution in [3.8, 4) is 0 Å². The van der Waals surface area contributed by atoms with Crippen LogP contribution in [0.25, 0.3) is 11.2 Å². The highest BCUT2D eigenvalue weighted by Crippen LogP contribution is 2.17. The van der Waals surface area contributed by atoms with E-state index in [2.05, 4.69) is 69.0 Å². The Labute approximate surface area is 133 Å². The van der Waals surface area contributed by atoms with Crippen molar-refractivity contribution in [2.24, 2.45) is 0 Å². The van der Waals surface area contributed by atoms with E-state index in [0.29, 0.717) is 5.92 Å². The number of nitrogens with zero attached hydrogens (tertiary/aromatic N) is 2. The van der Waals surface area contributed by atoms with Gasteiger partial charge in [0, 0.05) is 17.1 Å². The molecule has 0 aliphatic rings. The molecule has 0 aliphatic heterocycles. The van der Waals surface area contributed by atoms with E-state index in [1.807, 2.05) is 6.07 Å². The molecule has 0 unspecified atom stereocenters. The minimum atomic E-state index is 0.582. The average Bonchev–Trinajstić information content (AvgIpc) is 2.87. The fraction of sp³-hybridized carbons (Fsp3) is 0.294. The third kappa shape index (κ3) is 3.32. The summed E-state index contributed by atoms with van der Waals surface area (Å²) in [4.78, 5) is 12.2. The van der Waals surface area contributed by atoms with Gasteiger partial charge in [0.05, 0.1) is 5.52 Å². The predicted molar refractivity (Wildman–Crippen MR) is 89.5 cm³/mol. The number of imidazole rings is 1. The van der Waals surface area contributed by atoms with Gasteiger partial charge in [0.25, 0.3) is 0 Å². The Morgan fingerprint density at radius 3 is 2.62 bits per heavy atom. The van der Waals surface area contributed by atoms with E-state index < -0.39 is 0 Å². The SMILES string of the molecule is CC(C)c1ccc(CCc2nc3ncc(Br)cc3[nH]2)cc1. The second-order valence-corrected chi connectivity index (χ2v) is 6.52. The standard InChI is InChI=1S/C17H18BrN3/c1-11(2)13-6-3-12(4-7-13)5-8-16-20-15-9-14(18)10-19-17(15)21-16/h3-4,6-7,9-11H,5,8H2,1-2H3,(H,19,20,21). The molecule has 108 valence electrons. The molecule has 0 saturated carbocycles. The topological polar surface area (TPSA) is 41.6 Å². The van der Waals surface area contributed by atoms with Crippen LogP contribution < -0.4 is 0 Å². The third-order valence-corrected chi connectivity index (χ3v) is 4.08. The van der Waals surface area contributed by atoms with E-state index >= 15 is 0 Å². The molecule has 2 heterocycles. The van der Waals surface area contributed by atoms with Gasteiger partial charge >= 0.3 is 0 Å². The normalized spacial score (nSPS) is 11.4.